The van der Waals surface area contributed by atoms with Crippen molar-refractivity contribution in [3.05, 3.63) is 53.1 Å². The number of carbonyl (C=O) groups is 1. The van der Waals surface area contributed by atoms with Crippen LogP contribution in [0.15, 0.2) is 47.5 Å². The number of ether oxygens (including phenoxy) is 1. The summed E-state index contributed by atoms with van der Waals surface area (Å²) in [7, 11) is 1.64. The first-order valence-corrected chi connectivity index (χ1v) is 9.87. The summed E-state index contributed by atoms with van der Waals surface area (Å²) in [6, 6.07) is 13.8. The van der Waals surface area contributed by atoms with Crippen LogP contribution in [-0.2, 0) is 10.3 Å². The van der Waals surface area contributed by atoms with E-state index in [0.717, 1.165) is 29.5 Å². The minimum atomic E-state index is -0.684. The molecule has 5 nitrogen and oxygen atoms in total. The molecule has 3 rings (SSSR count). The van der Waals surface area contributed by atoms with Crippen LogP contribution in [0.25, 0.3) is 11.1 Å². The average molecular weight is 400 g/mol. The lowest BCUT2D eigenvalue weighted by Crippen LogP contribution is -2.47. The molecule has 1 atom stereocenters. The van der Waals surface area contributed by atoms with Crippen molar-refractivity contribution in [3.8, 4) is 16.9 Å². The third-order valence-corrected chi connectivity index (χ3v) is 5.38. The van der Waals surface area contributed by atoms with E-state index in [1.54, 1.807) is 7.05 Å². The molecule has 1 amide bonds. The van der Waals surface area contributed by atoms with Gasteiger partial charge in [-0.05, 0) is 48.2 Å². The van der Waals surface area contributed by atoms with Gasteiger partial charge in [-0.1, -0.05) is 49.2 Å². The molecule has 1 heterocycles. The predicted octanol–water partition coefficient (Wildman–Crippen LogP) is 4.58. The molecule has 0 saturated carbocycles. The summed E-state index contributed by atoms with van der Waals surface area (Å²) in [5.74, 6) is 0.887. The van der Waals surface area contributed by atoms with Crippen LogP contribution in [0.5, 0.6) is 5.75 Å². The molecule has 0 fully saturated rings. The second kappa shape index (κ2) is 8.23. The number of halogens is 1. The van der Waals surface area contributed by atoms with E-state index >= 15 is 0 Å². The first kappa shape index (κ1) is 20.2. The highest BCUT2D eigenvalue weighted by molar-refractivity contribution is 6.32. The molecule has 0 spiro atoms. The number of benzene rings is 2. The van der Waals surface area contributed by atoms with Gasteiger partial charge >= 0.3 is 0 Å². The second-order valence-corrected chi connectivity index (χ2v) is 7.71. The normalized spacial score (nSPS) is 19.5. The molecule has 6 heteroatoms. The predicted molar refractivity (Wildman–Crippen MR) is 114 cm³/mol. The van der Waals surface area contributed by atoms with Crippen LogP contribution in [0.3, 0.4) is 0 Å². The number of guanidine groups is 1. The molecule has 1 aliphatic heterocycles. The Labute approximate surface area is 171 Å². The maximum Gasteiger partial charge on any atom is 0.231 e. The van der Waals surface area contributed by atoms with Gasteiger partial charge in [-0.2, -0.15) is 0 Å². The SMILES string of the molecule is CCCCOc1ccc(-c2cccc(C3(C)CC(=O)N(C)C(N)=N3)c2)cc1Cl. The molecule has 1 aliphatic rings. The number of nitrogens with two attached hydrogens (primary N) is 1. The fourth-order valence-electron chi connectivity index (χ4n) is 3.23. The Morgan fingerprint density at radius 1 is 1.25 bits per heavy atom. The van der Waals surface area contributed by atoms with Gasteiger partial charge in [-0.3, -0.25) is 9.69 Å². The first-order valence-electron chi connectivity index (χ1n) is 9.49. The zero-order chi connectivity index (χ0) is 20.3. The maximum absolute atomic E-state index is 12.3. The first-order chi connectivity index (χ1) is 13.3. The fraction of sp³-hybridized carbons (Fsp3) is 0.364. The largest absolute Gasteiger partial charge is 0.492 e. The lowest BCUT2D eigenvalue weighted by molar-refractivity contribution is -0.128. The monoisotopic (exact) mass is 399 g/mol. The van der Waals surface area contributed by atoms with Gasteiger partial charge in [-0.25, -0.2) is 4.99 Å². The van der Waals surface area contributed by atoms with Crippen molar-refractivity contribution in [1.82, 2.24) is 4.90 Å². The van der Waals surface area contributed by atoms with Gasteiger partial charge in [0.1, 0.15) is 5.75 Å². The molecule has 0 bridgehead atoms. The van der Waals surface area contributed by atoms with Crippen LogP contribution in [0.1, 0.15) is 38.7 Å². The van der Waals surface area contributed by atoms with Gasteiger partial charge in [0.25, 0.3) is 0 Å². The van der Waals surface area contributed by atoms with Crippen LogP contribution >= 0.6 is 11.6 Å². The number of amides is 1. The van der Waals surface area contributed by atoms with Crippen molar-refractivity contribution < 1.29 is 9.53 Å². The minimum Gasteiger partial charge on any atom is -0.492 e. The molecule has 1 unspecified atom stereocenters. The standard InChI is InChI=1S/C22H26ClN3O2/c1-4-5-11-28-19-10-9-16(13-18(19)23)15-7-6-8-17(12-15)22(2)14-20(27)26(3)21(24)25-22/h6-10,12-13H,4-5,11,14H2,1-3H3,(H2,24,25). The summed E-state index contributed by atoms with van der Waals surface area (Å²) in [5.41, 5.74) is 8.18. The van der Waals surface area contributed by atoms with E-state index in [0.29, 0.717) is 17.4 Å². The van der Waals surface area contributed by atoms with Crippen LogP contribution in [-0.4, -0.2) is 30.4 Å². The molecule has 0 aromatic heterocycles. The summed E-state index contributed by atoms with van der Waals surface area (Å²) in [6.07, 6.45) is 2.35. The van der Waals surface area contributed by atoms with Crippen molar-refractivity contribution in [2.75, 3.05) is 13.7 Å². The highest BCUT2D eigenvalue weighted by Crippen LogP contribution is 2.36. The topological polar surface area (TPSA) is 67.9 Å². The zero-order valence-corrected chi connectivity index (χ0v) is 17.3. The van der Waals surface area contributed by atoms with Crippen molar-refractivity contribution in [3.63, 3.8) is 0 Å². The van der Waals surface area contributed by atoms with Gasteiger partial charge in [-0.15, -0.1) is 0 Å². The van der Waals surface area contributed by atoms with Crippen LogP contribution in [0.4, 0.5) is 0 Å². The van der Waals surface area contributed by atoms with E-state index < -0.39 is 5.54 Å². The fourth-order valence-corrected chi connectivity index (χ4v) is 3.47. The lowest BCUT2D eigenvalue weighted by Gasteiger charge is -2.33. The molecule has 0 radical (unpaired) electrons. The van der Waals surface area contributed by atoms with Gasteiger partial charge in [0, 0.05) is 7.05 Å². The minimum absolute atomic E-state index is 0.0444. The molecular weight excluding hydrogens is 374 g/mol. The van der Waals surface area contributed by atoms with Gasteiger partial charge in [0.15, 0.2) is 5.96 Å². The molecule has 2 aromatic carbocycles. The van der Waals surface area contributed by atoms with Crippen LogP contribution in [0.2, 0.25) is 5.02 Å². The molecule has 0 saturated heterocycles. The third kappa shape index (κ3) is 4.14. The second-order valence-electron chi connectivity index (χ2n) is 7.30. The summed E-state index contributed by atoms with van der Waals surface area (Å²) >= 11 is 6.41. The number of nitrogens with zero attached hydrogens (tertiary/aromatic N) is 2. The molecule has 28 heavy (non-hydrogen) atoms. The zero-order valence-electron chi connectivity index (χ0n) is 16.5. The van der Waals surface area contributed by atoms with Crippen LogP contribution < -0.4 is 10.5 Å². The Morgan fingerprint density at radius 3 is 2.68 bits per heavy atom. The number of hydrogen-bond donors (Lipinski definition) is 1. The smallest absolute Gasteiger partial charge is 0.231 e. The number of carbonyl (C=O) groups excluding carboxylic acids is 1. The number of hydrogen-bond acceptors (Lipinski definition) is 4. The Hall–Kier alpha value is -2.53. The molecule has 0 aliphatic carbocycles. The highest BCUT2D eigenvalue weighted by atomic mass is 35.5. The molecule has 2 aromatic rings. The van der Waals surface area contributed by atoms with E-state index in [-0.39, 0.29) is 18.3 Å². The van der Waals surface area contributed by atoms with Crippen molar-refractivity contribution in [1.29, 1.82) is 0 Å². The van der Waals surface area contributed by atoms with Gasteiger partial charge in [0.05, 0.1) is 23.6 Å². The summed E-state index contributed by atoms with van der Waals surface area (Å²) < 4.78 is 5.73. The van der Waals surface area contributed by atoms with Crippen molar-refractivity contribution in [2.24, 2.45) is 10.7 Å². The Balaban J connectivity index is 1.90. The van der Waals surface area contributed by atoms with E-state index in [2.05, 4.69) is 11.9 Å². The van der Waals surface area contributed by atoms with Gasteiger partial charge < -0.3 is 10.5 Å². The van der Waals surface area contributed by atoms with Crippen molar-refractivity contribution >= 4 is 23.5 Å². The Kier molecular flexibility index (Phi) is 5.94. The maximum atomic E-state index is 12.3. The number of rotatable bonds is 6. The number of aliphatic imine (C=N–C) groups is 1. The molecule has 148 valence electrons. The third-order valence-electron chi connectivity index (χ3n) is 5.08. The summed E-state index contributed by atoms with van der Waals surface area (Å²) in [5, 5.41) is 0.585. The number of unbranched alkanes of at least 4 members (excludes halogenated alkanes) is 1. The summed E-state index contributed by atoms with van der Waals surface area (Å²) in [6.45, 7) is 4.71. The van der Waals surface area contributed by atoms with E-state index in [1.807, 2.05) is 49.4 Å². The Morgan fingerprint density at radius 2 is 2.00 bits per heavy atom. The lowest BCUT2D eigenvalue weighted by atomic mass is 9.86. The Bertz CT molecular complexity index is 912. The van der Waals surface area contributed by atoms with E-state index in [4.69, 9.17) is 22.1 Å². The van der Waals surface area contributed by atoms with Crippen LogP contribution in [0, 0.1) is 0 Å². The quantitative estimate of drug-likeness (QED) is 0.723. The molecular formula is C22H26ClN3O2. The average Bonchev–Trinajstić information content (AvgIpc) is 2.67. The van der Waals surface area contributed by atoms with E-state index in [9.17, 15) is 4.79 Å². The van der Waals surface area contributed by atoms with E-state index in [1.165, 1.54) is 4.90 Å². The molecule has 2 N–H and O–H groups in total. The van der Waals surface area contributed by atoms with Gasteiger partial charge in [0.2, 0.25) is 5.91 Å². The highest BCUT2D eigenvalue weighted by Gasteiger charge is 2.36. The summed E-state index contributed by atoms with van der Waals surface area (Å²) in [4.78, 5) is 18.2. The van der Waals surface area contributed by atoms with Crippen molar-refractivity contribution in [2.45, 2.75) is 38.6 Å².